The second kappa shape index (κ2) is 6.56. The Bertz CT molecular complexity index is 1140. The van der Waals surface area contributed by atoms with Crippen LogP contribution in [0.15, 0.2) is 18.3 Å². The van der Waals surface area contributed by atoms with Gasteiger partial charge in [0.2, 0.25) is 0 Å². The third kappa shape index (κ3) is 2.72. The number of hydrogen-bond donors (Lipinski definition) is 1. The van der Waals surface area contributed by atoms with Crippen molar-refractivity contribution in [3.05, 3.63) is 46.8 Å². The van der Waals surface area contributed by atoms with Gasteiger partial charge < -0.3 is 10.2 Å². The average molecular weight is 393 g/mol. The molecule has 0 saturated carbocycles. The van der Waals surface area contributed by atoms with Crippen molar-refractivity contribution in [2.45, 2.75) is 52.4 Å². The zero-order valence-electron chi connectivity index (χ0n) is 16.9. The number of pyridine rings is 1. The van der Waals surface area contributed by atoms with Gasteiger partial charge >= 0.3 is 0 Å². The molecule has 0 saturated heterocycles. The molecule has 1 N–H and O–H groups in total. The Morgan fingerprint density at radius 2 is 2.17 bits per heavy atom. The lowest BCUT2D eigenvalue weighted by molar-refractivity contribution is 0.374. The number of aromatic nitrogens is 4. The minimum Gasteiger partial charge on any atom is -0.362 e. The Morgan fingerprint density at radius 1 is 1.34 bits per heavy atom. The van der Waals surface area contributed by atoms with Crippen molar-refractivity contribution >= 4 is 11.2 Å². The number of nitriles is 1. The SMILES string of the molecule is CC(C)C1Cc2c(nn3c2CN(c2ccc(C#N)n4ncc(F)c24)C[C@H]3C)CN1. The van der Waals surface area contributed by atoms with Crippen molar-refractivity contribution < 1.29 is 4.39 Å². The molecule has 5 heterocycles. The van der Waals surface area contributed by atoms with E-state index in [2.05, 4.69) is 46.8 Å². The molecule has 1 unspecified atom stereocenters. The molecule has 2 atom stereocenters. The maximum Gasteiger partial charge on any atom is 0.171 e. The highest BCUT2D eigenvalue weighted by molar-refractivity contribution is 5.75. The molecule has 8 heteroatoms. The molecule has 0 amide bonds. The fraction of sp³-hybridized carbons (Fsp3) is 0.476. The minimum atomic E-state index is -0.407. The lowest BCUT2D eigenvalue weighted by atomic mass is 9.91. The van der Waals surface area contributed by atoms with Gasteiger partial charge in [0.1, 0.15) is 17.3 Å². The standard InChI is InChI=1S/C21H24FN7/c1-12(2)17-6-15-18(9-24-17)26-28-13(3)10-27(11-20(15)28)19-5-4-14(7-23)29-21(19)16(22)8-25-29/h4-5,8,12-13,17,24H,6,9-11H2,1-3H3/t13-,17?/m1/s1. The molecule has 5 rings (SSSR count). The molecule has 0 aliphatic carbocycles. The Hall–Kier alpha value is -2.92. The summed E-state index contributed by atoms with van der Waals surface area (Å²) >= 11 is 0. The topological polar surface area (TPSA) is 74.2 Å². The quantitative estimate of drug-likeness (QED) is 0.725. The van der Waals surface area contributed by atoms with E-state index in [4.69, 9.17) is 5.10 Å². The number of anilines is 1. The van der Waals surface area contributed by atoms with Gasteiger partial charge in [-0.1, -0.05) is 13.8 Å². The maximum absolute atomic E-state index is 14.6. The number of nitrogens with zero attached hydrogens (tertiary/aromatic N) is 6. The Morgan fingerprint density at radius 3 is 2.93 bits per heavy atom. The normalized spacial score (nSPS) is 21.3. The van der Waals surface area contributed by atoms with Gasteiger partial charge in [0, 0.05) is 24.7 Å². The summed E-state index contributed by atoms with van der Waals surface area (Å²) in [5.74, 6) is 0.143. The van der Waals surface area contributed by atoms with E-state index in [1.54, 1.807) is 6.07 Å². The number of halogens is 1. The van der Waals surface area contributed by atoms with Crippen LogP contribution < -0.4 is 10.2 Å². The summed E-state index contributed by atoms with van der Waals surface area (Å²) in [7, 11) is 0. The molecule has 3 aromatic heterocycles. The second-order valence-electron chi connectivity index (χ2n) is 8.45. The Balaban J connectivity index is 1.58. The molecule has 150 valence electrons. The van der Waals surface area contributed by atoms with Crippen LogP contribution in [-0.2, 0) is 19.5 Å². The van der Waals surface area contributed by atoms with Crippen LogP contribution in [0, 0.1) is 23.1 Å². The van der Waals surface area contributed by atoms with E-state index < -0.39 is 5.82 Å². The molecule has 3 aromatic rings. The Kier molecular flexibility index (Phi) is 4.10. The highest BCUT2D eigenvalue weighted by Gasteiger charge is 2.33. The first-order valence-corrected chi connectivity index (χ1v) is 10.1. The molecule has 7 nitrogen and oxygen atoms in total. The van der Waals surface area contributed by atoms with Crippen LogP contribution in [0.25, 0.3) is 5.52 Å². The van der Waals surface area contributed by atoms with Gasteiger partial charge in [-0.3, -0.25) is 4.68 Å². The van der Waals surface area contributed by atoms with Crippen LogP contribution in [0.1, 0.15) is 49.5 Å². The summed E-state index contributed by atoms with van der Waals surface area (Å²) in [6.45, 7) is 8.82. The van der Waals surface area contributed by atoms with Crippen molar-refractivity contribution in [1.82, 2.24) is 24.7 Å². The summed E-state index contributed by atoms with van der Waals surface area (Å²) < 4.78 is 18.1. The summed E-state index contributed by atoms with van der Waals surface area (Å²) in [6.07, 6.45) is 2.14. The molecule has 0 radical (unpaired) electrons. The lowest BCUT2D eigenvalue weighted by Crippen LogP contribution is -2.40. The van der Waals surface area contributed by atoms with Gasteiger partial charge in [-0.05, 0) is 31.4 Å². The van der Waals surface area contributed by atoms with Crippen LogP contribution in [0.4, 0.5) is 10.1 Å². The van der Waals surface area contributed by atoms with E-state index in [-0.39, 0.29) is 6.04 Å². The van der Waals surface area contributed by atoms with Crippen molar-refractivity contribution in [3.8, 4) is 6.07 Å². The minimum absolute atomic E-state index is 0.170. The van der Waals surface area contributed by atoms with Gasteiger partial charge in [-0.25, -0.2) is 8.91 Å². The van der Waals surface area contributed by atoms with Crippen LogP contribution in [0.2, 0.25) is 0 Å². The number of fused-ring (bicyclic) bond motifs is 4. The monoisotopic (exact) mass is 393 g/mol. The van der Waals surface area contributed by atoms with Crippen LogP contribution in [0.5, 0.6) is 0 Å². The first-order chi connectivity index (χ1) is 14.0. The van der Waals surface area contributed by atoms with E-state index in [1.165, 1.54) is 22.0 Å². The van der Waals surface area contributed by atoms with Crippen LogP contribution in [-0.4, -0.2) is 32.0 Å². The fourth-order valence-corrected chi connectivity index (χ4v) is 4.67. The zero-order chi connectivity index (χ0) is 20.3. The molecule has 29 heavy (non-hydrogen) atoms. The third-order valence-electron chi connectivity index (χ3n) is 6.25. The highest BCUT2D eigenvalue weighted by atomic mass is 19.1. The first-order valence-electron chi connectivity index (χ1n) is 10.1. The van der Waals surface area contributed by atoms with Gasteiger partial charge in [0.05, 0.1) is 35.9 Å². The van der Waals surface area contributed by atoms with Crippen molar-refractivity contribution in [1.29, 1.82) is 5.26 Å². The number of hydrogen-bond acceptors (Lipinski definition) is 5. The maximum atomic E-state index is 14.6. The van der Waals surface area contributed by atoms with Gasteiger partial charge in [-0.15, -0.1) is 0 Å². The van der Waals surface area contributed by atoms with Crippen molar-refractivity contribution in [2.75, 3.05) is 11.4 Å². The van der Waals surface area contributed by atoms with Gasteiger partial charge in [-0.2, -0.15) is 15.5 Å². The van der Waals surface area contributed by atoms with E-state index in [1.807, 2.05) is 6.07 Å². The fourth-order valence-electron chi connectivity index (χ4n) is 4.67. The van der Waals surface area contributed by atoms with Gasteiger partial charge in [0.25, 0.3) is 0 Å². The molecule has 0 aromatic carbocycles. The Labute approximate surface area is 168 Å². The second-order valence-corrected chi connectivity index (χ2v) is 8.45. The molecule has 0 fully saturated rings. The van der Waals surface area contributed by atoms with Crippen molar-refractivity contribution in [3.63, 3.8) is 0 Å². The summed E-state index contributed by atoms with van der Waals surface area (Å²) in [4.78, 5) is 2.19. The van der Waals surface area contributed by atoms with Crippen LogP contribution >= 0.6 is 0 Å². The predicted molar refractivity (Wildman–Crippen MR) is 107 cm³/mol. The van der Waals surface area contributed by atoms with E-state index in [0.29, 0.717) is 29.7 Å². The number of nitrogens with one attached hydrogen (secondary N) is 1. The number of rotatable bonds is 2. The lowest BCUT2D eigenvalue weighted by Gasteiger charge is -2.35. The molecule has 0 spiro atoms. The summed E-state index contributed by atoms with van der Waals surface area (Å²) in [6, 6.07) is 6.24. The van der Waals surface area contributed by atoms with Crippen LogP contribution in [0.3, 0.4) is 0 Å². The summed E-state index contributed by atoms with van der Waals surface area (Å²) in [5.41, 5.74) is 5.13. The highest BCUT2D eigenvalue weighted by Crippen LogP contribution is 2.34. The van der Waals surface area contributed by atoms with E-state index in [9.17, 15) is 9.65 Å². The third-order valence-corrected chi connectivity index (χ3v) is 6.25. The molecule has 0 bridgehead atoms. The molecular formula is C21H24FN7. The zero-order valence-corrected chi connectivity index (χ0v) is 16.9. The van der Waals surface area contributed by atoms with Gasteiger partial charge in [0.15, 0.2) is 5.82 Å². The smallest absolute Gasteiger partial charge is 0.171 e. The van der Waals surface area contributed by atoms with Crippen molar-refractivity contribution in [2.24, 2.45) is 5.92 Å². The largest absolute Gasteiger partial charge is 0.362 e. The first kappa shape index (κ1) is 18.1. The molecule has 2 aliphatic heterocycles. The molecule has 2 aliphatic rings. The van der Waals surface area contributed by atoms with E-state index >= 15 is 0 Å². The predicted octanol–water partition coefficient (Wildman–Crippen LogP) is 2.79. The molecular weight excluding hydrogens is 369 g/mol. The van der Waals surface area contributed by atoms with E-state index in [0.717, 1.165) is 30.9 Å². The average Bonchev–Trinajstić information content (AvgIpc) is 3.28. The summed E-state index contributed by atoms with van der Waals surface area (Å²) in [5, 5.41) is 21.9.